The van der Waals surface area contributed by atoms with Crippen LogP contribution in [0.1, 0.15) is 13.3 Å². The van der Waals surface area contributed by atoms with Crippen LogP contribution in [0.15, 0.2) is 12.0 Å². The maximum absolute atomic E-state index is 13.5. The van der Waals surface area contributed by atoms with Crippen LogP contribution in [-0.2, 0) is 4.74 Å². The van der Waals surface area contributed by atoms with E-state index < -0.39 is 72.0 Å². The van der Waals surface area contributed by atoms with Crippen molar-refractivity contribution in [3.63, 3.8) is 0 Å². The number of alkyl halides is 21. The minimum Gasteiger partial charge on any atom is -0.481 e. The standard InChI is InChI=1S/C14H7F21O2/c1-2-3-4(36)37-14(34,35)12(29,30)10(25,26)8(21,22)6(17,18)5(15,16)7(19,20)9(23,24)11(27,28)13(31,32)33/h3,36H,2H2,1H3. The number of aliphatic hydroxyl groups is 1. The summed E-state index contributed by atoms with van der Waals surface area (Å²) in [6.07, 6.45) is -16.1. The fourth-order valence-corrected chi connectivity index (χ4v) is 1.96. The number of aliphatic hydroxyl groups excluding tert-OH is 1. The lowest BCUT2D eigenvalue weighted by molar-refractivity contribution is -0.483. The molecule has 0 heterocycles. The Bertz CT molecular complexity index is 852. The Hall–Kier alpha value is -2.13. The van der Waals surface area contributed by atoms with Crippen LogP contribution in [0, 0.1) is 0 Å². The molecule has 0 spiro atoms. The smallest absolute Gasteiger partial charge is 0.473 e. The molecule has 0 radical (unpaired) electrons. The van der Waals surface area contributed by atoms with Gasteiger partial charge in [-0.2, -0.15) is 92.2 Å². The summed E-state index contributed by atoms with van der Waals surface area (Å²) in [6, 6.07) is 0. The molecule has 0 aliphatic heterocycles. The average Bonchev–Trinajstić information content (AvgIpc) is 2.65. The summed E-state index contributed by atoms with van der Waals surface area (Å²) >= 11 is 0. The lowest BCUT2D eigenvalue weighted by Gasteiger charge is -2.44. The third-order valence-corrected chi connectivity index (χ3v) is 4.09. The number of ether oxygens (including phenoxy) is 1. The summed E-state index contributed by atoms with van der Waals surface area (Å²) in [5, 5.41) is 8.62. The van der Waals surface area contributed by atoms with Gasteiger partial charge in [0, 0.05) is 0 Å². The SMILES string of the molecule is CCC=C(O)OC(F)(F)C(F)(F)C(F)(F)C(F)(F)C(F)(F)C(F)(F)C(F)(F)C(F)(F)C(F)(F)C(F)(F)F. The van der Waals surface area contributed by atoms with Gasteiger partial charge in [0.1, 0.15) is 0 Å². The van der Waals surface area contributed by atoms with Crippen molar-refractivity contribution in [2.75, 3.05) is 0 Å². The van der Waals surface area contributed by atoms with Crippen molar-refractivity contribution in [1.82, 2.24) is 0 Å². The Balaban J connectivity index is 7.03. The minimum atomic E-state index is -9.23. The van der Waals surface area contributed by atoms with Crippen molar-refractivity contribution in [3.8, 4) is 0 Å². The molecule has 222 valence electrons. The molecule has 0 saturated carbocycles. The first-order valence-corrected chi connectivity index (χ1v) is 8.25. The van der Waals surface area contributed by atoms with Gasteiger partial charge in [0.05, 0.1) is 0 Å². The zero-order chi connectivity index (χ0) is 30.7. The van der Waals surface area contributed by atoms with E-state index in [1.165, 1.54) is 0 Å². The van der Waals surface area contributed by atoms with Gasteiger partial charge in [0.25, 0.3) is 5.95 Å². The molecule has 0 aliphatic rings. The number of rotatable bonds is 11. The van der Waals surface area contributed by atoms with Crippen LogP contribution in [0.4, 0.5) is 92.2 Å². The van der Waals surface area contributed by atoms with Crippen molar-refractivity contribution >= 4 is 0 Å². The van der Waals surface area contributed by atoms with E-state index in [9.17, 15) is 92.2 Å². The normalized spacial score (nSPS) is 16.8. The van der Waals surface area contributed by atoms with Crippen molar-refractivity contribution < 1.29 is 102 Å². The van der Waals surface area contributed by atoms with Crippen LogP contribution < -0.4 is 0 Å². The zero-order valence-corrected chi connectivity index (χ0v) is 16.6. The van der Waals surface area contributed by atoms with Gasteiger partial charge in [0.15, 0.2) is 0 Å². The highest BCUT2D eigenvalue weighted by Gasteiger charge is 2.98. The van der Waals surface area contributed by atoms with E-state index in [-0.39, 0.29) is 6.08 Å². The van der Waals surface area contributed by atoms with Crippen LogP contribution in [0.25, 0.3) is 0 Å². The van der Waals surface area contributed by atoms with E-state index in [2.05, 4.69) is 4.74 Å². The van der Waals surface area contributed by atoms with Gasteiger partial charge in [0.2, 0.25) is 0 Å². The van der Waals surface area contributed by atoms with Crippen molar-refractivity contribution in [1.29, 1.82) is 0 Å². The van der Waals surface area contributed by atoms with Gasteiger partial charge >= 0.3 is 59.7 Å². The molecule has 0 aliphatic carbocycles. The fraction of sp³-hybridized carbons (Fsp3) is 0.857. The molecular formula is C14H7F21O2. The van der Waals surface area contributed by atoms with Gasteiger partial charge in [-0.1, -0.05) is 6.92 Å². The first-order chi connectivity index (χ1) is 15.7. The molecule has 2 nitrogen and oxygen atoms in total. The summed E-state index contributed by atoms with van der Waals surface area (Å²) in [6.45, 7) is 0.875. The fourth-order valence-electron chi connectivity index (χ4n) is 1.96. The molecule has 0 saturated heterocycles. The van der Waals surface area contributed by atoms with E-state index in [1.54, 1.807) is 0 Å². The lowest BCUT2D eigenvalue weighted by atomic mass is 9.87. The maximum atomic E-state index is 13.5. The van der Waals surface area contributed by atoms with Crippen molar-refractivity contribution in [2.24, 2.45) is 0 Å². The Morgan fingerprint density at radius 1 is 0.486 bits per heavy atom. The van der Waals surface area contributed by atoms with E-state index in [4.69, 9.17) is 5.11 Å². The highest BCUT2D eigenvalue weighted by atomic mass is 19.4. The van der Waals surface area contributed by atoms with E-state index in [0.29, 0.717) is 0 Å². The number of hydrogen-bond donors (Lipinski definition) is 1. The molecule has 0 aromatic rings. The van der Waals surface area contributed by atoms with Gasteiger partial charge in [-0.25, -0.2) is 0 Å². The Morgan fingerprint density at radius 2 is 0.730 bits per heavy atom. The molecule has 0 atom stereocenters. The molecule has 23 heteroatoms. The van der Waals surface area contributed by atoms with Gasteiger partial charge in [-0.3, -0.25) is 0 Å². The molecule has 0 fully saturated rings. The maximum Gasteiger partial charge on any atom is 0.473 e. The molecular weight excluding hydrogens is 599 g/mol. The Labute approximate surface area is 188 Å². The first-order valence-electron chi connectivity index (χ1n) is 8.25. The molecule has 0 unspecified atom stereocenters. The molecule has 0 rings (SSSR count). The quantitative estimate of drug-likeness (QED) is 0.191. The largest absolute Gasteiger partial charge is 0.481 e. The molecule has 1 N–H and O–H groups in total. The number of halogens is 21. The monoisotopic (exact) mass is 606 g/mol. The van der Waals surface area contributed by atoms with Gasteiger partial charge < -0.3 is 9.84 Å². The first kappa shape index (κ1) is 34.9. The van der Waals surface area contributed by atoms with Crippen LogP contribution in [0.3, 0.4) is 0 Å². The van der Waals surface area contributed by atoms with E-state index >= 15 is 0 Å². The Morgan fingerprint density at radius 3 is 0.973 bits per heavy atom. The molecule has 0 aromatic heterocycles. The van der Waals surface area contributed by atoms with Crippen LogP contribution in [-0.4, -0.2) is 64.8 Å². The van der Waals surface area contributed by atoms with Gasteiger partial charge in [-0.05, 0) is 12.5 Å². The van der Waals surface area contributed by atoms with Crippen LogP contribution in [0.5, 0.6) is 0 Å². The summed E-state index contributed by atoms with van der Waals surface area (Å²) in [5.74, 6) is -73.6. The summed E-state index contributed by atoms with van der Waals surface area (Å²) in [7, 11) is 0. The third-order valence-electron chi connectivity index (χ3n) is 4.09. The summed E-state index contributed by atoms with van der Waals surface area (Å²) in [5.41, 5.74) is 0. The van der Waals surface area contributed by atoms with E-state index in [1.807, 2.05) is 0 Å². The zero-order valence-electron chi connectivity index (χ0n) is 16.6. The number of hydrogen-bond acceptors (Lipinski definition) is 2. The second kappa shape index (κ2) is 8.97. The van der Waals surface area contributed by atoms with E-state index in [0.717, 1.165) is 6.92 Å². The minimum absolute atomic E-state index is 0.105. The molecule has 0 bridgehead atoms. The highest BCUT2D eigenvalue weighted by molar-refractivity contribution is 5.17. The average molecular weight is 606 g/mol. The molecule has 37 heavy (non-hydrogen) atoms. The van der Waals surface area contributed by atoms with Crippen molar-refractivity contribution in [3.05, 3.63) is 12.0 Å². The second-order valence-corrected chi connectivity index (χ2v) is 6.66. The predicted octanol–water partition coefficient (Wildman–Crippen LogP) is 8.05. The summed E-state index contributed by atoms with van der Waals surface area (Å²) < 4.78 is 277. The lowest BCUT2D eigenvalue weighted by Crippen LogP contribution is -2.77. The topological polar surface area (TPSA) is 29.5 Å². The predicted molar refractivity (Wildman–Crippen MR) is 72.7 cm³/mol. The third kappa shape index (κ3) is 4.56. The molecule has 0 aromatic carbocycles. The second-order valence-electron chi connectivity index (χ2n) is 6.66. The van der Waals surface area contributed by atoms with Crippen LogP contribution in [0.2, 0.25) is 0 Å². The van der Waals surface area contributed by atoms with Gasteiger partial charge in [-0.15, -0.1) is 0 Å². The highest BCUT2D eigenvalue weighted by Crippen LogP contribution is 2.66. The van der Waals surface area contributed by atoms with Crippen molar-refractivity contribution in [2.45, 2.75) is 73.0 Å². The number of allylic oxidation sites excluding steroid dienone is 1. The summed E-state index contributed by atoms with van der Waals surface area (Å²) in [4.78, 5) is 0. The van der Waals surface area contributed by atoms with Crippen LogP contribution >= 0.6 is 0 Å². The molecule has 0 amide bonds. The Kier molecular flexibility index (Phi) is 8.45.